The minimum absolute atomic E-state index is 0.0360. The summed E-state index contributed by atoms with van der Waals surface area (Å²) in [5.41, 5.74) is 2.59. The molecule has 5 nitrogen and oxygen atoms in total. The predicted octanol–water partition coefficient (Wildman–Crippen LogP) is 3.25. The third-order valence-electron chi connectivity index (χ3n) is 4.06. The second-order valence-corrected chi connectivity index (χ2v) is 6.70. The summed E-state index contributed by atoms with van der Waals surface area (Å²) in [5, 5.41) is 3.22. The number of nitrogens with one attached hydrogen (secondary N) is 1. The Morgan fingerprint density at radius 3 is 2.65 bits per heavy atom. The number of anilines is 1. The Bertz CT molecular complexity index is 724. The van der Waals surface area contributed by atoms with Crippen LogP contribution in [0.5, 0.6) is 5.75 Å². The van der Waals surface area contributed by atoms with E-state index in [2.05, 4.69) is 29.1 Å². The average molecular weight is 311 g/mol. The van der Waals surface area contributed by atoms with Gasteiger partial charge in [0, 0.05) is 19.2 Å². The fourth-order valence-corrected chi connectivity index (χ4v) is 2.84. The zero-order valence-corrected chi connectivity index (χ0v) is 13.7. The highest BCUT2D eigenvalue weighted by molar-refractivity contribution is 5.98. The maximum Gasteiger partial charge on any atom is 0.223 e. The summed E-state index contributed by atoms with van der Waals surface area (Å²) < 4.78 is 5.15. The molecule has 1 aliphatic rings. The van der Waals surface area contributed by atoms with Crippen LogP contribution in [0, 0.1) is 5.41 Å². The van der Waals surface area contributed by atoms with Crippen LogP contribution in [-0.4, -0.2) is 22.9 Å². The summed E-state index contributed by atoms with van der Waals surface area (Å²) in [4.78, 5) is 21.0. The summed E-state index contributed by atoms with van der Waals surface area (Å²) in [6.45, 7) is 4.82. The molecule has 0 atom stereocenters. The molecule has 1 aliphatic carbocycles. The minimum atomic E-state index is -0.0360. The molecule has 1 N–H and O–H groups in total. The number of methoxy groups -OCH3 is 1. The van der Waals surface area contributed by atoms with Gasteiger partial charge in [-0.25, -0.2) is 9.97 Å². The van der Waals surface area contributed by atoms with Crippen LogP contribution in [0.25, 0.3) is 0 Å². The maximum absolute atomic E-state index is 12.1. The van der Waals surface area contributed by atoms with Gasteiger partial charge in [0.1, 0.15) is 5.75 Å². The van der Waals surface area contributed by atoms with Crippen LogP contribution < -0.4 is 10.1 Å². The lowest BCUT2D eigenvalue weighted by atomic mass is 9.76. The van der Waals surface area contributed by atoms with Crippen LogP contribution in [0.1, 0.15) is 41.9 Å². The second kappa shape index (κ2) is 5.99. The molecule has 0 aliphatic heterocycles. The Kier molecular flexibility index (Phi) is 4.03. The van der Waals surface area contributed by atoms with E-state index in [1.807, 2.05) is 24.3 Å². The van der Waals surface area contributed by atoms with Crippen molar-refractivity contribution in [3.63, 3.8) is 0 Å². The Balaban J connectivity index is 1.73. The lowest BCUT2D eigenvalue weighted by Gasteiger charge is -2.29. The highest BCUT2D eigenvalue weighted by Gasteiger charge is 2.32. The molecule has 5 heteroatoms. The van der Waals surface area contributed by atoms with Crippen molar-refractivity contribution in [3.05, 3.63) is 47.3 Å². The summed E-state index contributed by atoms with van der Waals surface area (Å²) in [7, 11) is 1.65. The summed E-state index contributed by atoms with van der Waals surface area (Å²) >= 11 is 0. The molecule has 0 amide bonds. The maximum atomic E-state index is 12.1. The number of ketones is 1. The van der Waals surface area contributed by atoms with Gasteiger partial charge in [-0.1, -0.05) is 26.0 Å². The normalized spacial score (nSPS) is 15.9. The van der Waals surface area contributed by atoms with Gasteiger partial charge in [-0.3, -0.25) is 4.79 Å². The molecule has 3 rings (SSSR count). The Labute approximate surface area is 136 Å². The molecular weight excluding hydrogens is 290 g/mol. The van der Waals surface area contributed by atoms with Gasteiger partial charge in [-0.2, -0.15) is 0 Å². The van der Waals surface area contributed by atoms with Crippen LogP contribution in [0.15, 0.2) is 30.5 Å². The van der Waals surface area contributed by atoms with Gasteiger partial charge in [0.05, 0.1) is 18.4 Å². The number of ether oxygens (including phenoxy) is 1. The van der Waals surface area contributed by atoms with Crippen LogP contribution in [0.4, 0.5) is 5.95 Å². The van der Waals surface area contributed by atoms with Crippen LogP contribution in [-0.2, 0) is 13.0 Å². The third-order valence-corrected chi connectivity index (χ3v) is 4.06. The zero-order valence-electron chi connectivity index (χ0n) is 13.7. The van der Waals surface area contributed by atoms with Crippen LogP contribution in [0.3, 0.4) is 0 Å². The SMILES string of the molecule is COc1ccc(CNc2ncc3c(n2)CC(C)(C)CC3=O)cc1. The lowest BCUT2D eigenvalue weighted by molar-refractivity contribution is 0.0910. The highest BCUT2D eigenvalue weighted by Crippen LogP contribution is 2.33. The van der Waals surface area contributed by atoms with Gasteiger partial charge in [0.2, 0.25) is 5.95 Å². The van der Waals surface area contributed by atoms with Crippen molar-refractivity contribution in [3.8, 4) is 5.75 Å². The van der Waals surface area contributed by atoms with Gasteiger partial charge in [0.25, 0.3) is 0 Å². The number of benzene rings is 1. The third kappa shape index (κ3) is 3.50. The highest BCUT2D eigenvalue weighted by atomic mass is 16.5. The molecule has 2 aromatic rings. The molecule has 0 saturated heterocycles. The molecule has 0 saturated carbocycles. The van der Waals surface area contributed by atoms with Crippen molar-refractivity contribution in [2.75, 3.05) is 12.4 Å². The molecule has 23 heavy (non-hydrogen) atoms. The summed E-state index contributed by atoms with van der Waals surface area (Å²) in [5.74, 6) is 1.53. The van der Waals surface area contributed by atoms with E-state index in [1.165, 1.54) is 0 Å². The Hall–Kier alpha value is -2.43. The van der Waals surface area contributed by atoms with E-state index >= 15 is 0 Å². The standard InChI is InChI=1S/C18H21N3O2/c1-18(2)8-15-14(16(22)9-18)11-20-17(21-15)19-10-12-4-6-13(23-3)7-5-12/h4-7,11H,8-10H2,1-3H3,(H,19,20,21). The van der Waals surface area contributed by atoms with E-state index in [9.17, 15) is 4.79 Å². The number of aromatic nitrogens is 2. The van der Waals surface area contributed by atoms with Gasteiger partial charge < -0.3 is 10.1 Å². The first-order chi connectivity index (χ1) is 11.0. The average Bonchev–Trinajstić information content (AvgIpc) is 2.52. The van der Waals surface area contributed by atoms with E-state index in [-0.39, 0.29) is 11.2 Å². The molecule has 0 fully saturated rings. The number of carbonyl (C=O) groups excluding carboxylic acids is 1. The number of fused-ring (bicyclic) bond motifs is 1. The summed E-state index contributed by atoms with van der Waals surface area (Å²) in [6, 6.07) is 7.84. The number of nitrogens with zero attached hydrogens (tertiary/aromatic N) is 2. The second-order valence-electron chi connectivity index (χ2n) is 6.70. The van der Waals surface area contributed by atoms with Gasteiger partial charge in [-0.05, 0) is 29.5 Å². The van der Waals surface area contributed by atoms with E-state index < -0.39 is 0 Å². The van der Waals surface area contributed by atoms with Gasteiger partial charge in [-0.15, -0.1) is 0 Å². The van der Waals surface area contributed by atoms with Crippen molar-refractivity contribution in [2.45, 2.75) is 33.2 Å². The van der Waals surface area contributed by atoms with E-state index in [1.54, 1.807) is 13.3 Å². The fraction of sp³-hybridized carbons (Fsp3) is 0.389. The van der Waals surface area contributed by atoms with E-state index in [4.69, 9.17) is 4.74 Å². The largest absolute Gasteiger partial charge is 0.497 e. The van der Waals surface area contributed by atoms with Gasteiger partial charge >= 0.3 is 0 Å². The summed E-state index contributed by atoms with van der Waals surface area (Å²) in [6.07, 6.45) is 3.01. The van der Waals surface area contributed by atoms with E-state index in [0.29, 0.717) is 24.5 Å². The quantitative estimate of drug-likeness (QED) is 0.939. The molecule has 120 valence electrons. The number of carbonyl (C=O) groups is 1. The molecule has 1 aromatic carbocycles. The lowest BCUT2D eigenvalue weighted by Crippen LogP contribution is -2.28. The number of hydrogen-bond acceptors (Lipinski definition) is 5. The van der Waals surface area contributed by atoms with Crippen LogP contribution in [0.2, 0.25) is 0 Å². The van der Waals surface area contributed by atoms with E-state index in [0.717, 1.165) is 23.4 Å². The minimum Gasteiger partial charge on any atom is -0.497 e. The first-order valence-electron chi connectivity index (χ1n) is 7.73. The number of hydrogen-bond donors (Lipinski definition) is 1. The van der Waals surface area contributed by atoms with Crippen molar-refractivity contribution in [2.24, 2.45) is 5.41 Å². The number of rotatable bonds is 4. The van der Waals surface area contributed by atoms with Crippen molar-refractivity contribution in [1.82, 2.24) is 9.97 Å². The number of Topliss-reactive ketones (excluding diaryl/α,β-unsaturated/α-hetero) is 1. The van der Waals surface area contributed by atoms with Crippen molar-refractivity contribution < 1.29 is 9.53 Å². The molecular formula is C18H21N3O2. The fourth-order valence-electron chi connectivity index (χ4n) is 2.84. The smallest absolute Gasteiger partial charge is 0.223 e. The predicted molar refractivity (Wildman–Crippen MR) is 88.8 cm³/mol. The molecule has 0 bridgehead atoms. The molecule has 1 heterocycles. The zero-order chi connectivity index (χ0) is 16.4. The Morgan fingerprint density at radius 2 is 1.96 bits per heavy atom. The first-order valence-corrected chi connectivity index (χ1v) is 7.73. The van der Waals surface area contributed by atoms with Crippen molar-refractivity contribution in [1.29, 1.82) is 0 Å². The Morgan fingerprint density at radius 1 is 1.22 bits per heavy atom. The monoisotopic (exact) mass is 311 g/mol. The molecule has 0 radical (unpaired) electrons. The van der Waals surface area contributed by atoms with Crippen LogP contribution >= 0.6 is 0 Å². The van der Waals surface area contributed by atoms with Gasteiger partial charge in [0.15, 0.2) is 5.78 Å². The molecule has 1 aromatic heterocycles. The van der Waals surface area contributed by atoms with Crippen molar-refractivity contribution >= 4 is 11.7 Å². The molecule has 0 spiro atoms. The molecule has 0 unspecified atom stereocenters. The first kappa shape index (κ1) is 15.5. The topological polar surface area (TPSA) is 64.1 Å².